The summed E-state index contributed by atoms with van der Waals surface area (Å²) in [6.45, 7) is 4.53. The van der Waals surface area contributed by atoms with Crippen LogP contribution in [0.1, 0.15) is 45.1 Å². The van der Waals surface area contributed by atoms with Gasteiger partial charge in [0.2, 0.25) is 0 Å². The number of benzene rings is 1. The first-order valence-corrected chi connectivity index (χ1v) is 8.03. The lowest BCUT2D eigenvalue weighted by molar-refractivity contribution is 0.325. The molecule has 0 aliphatic rings. The summed E-state index contributed by atoms with van der Waals surface area (Å²) in [4.78, 5) is 0. The van der Waals surface area contributed by atoms with Crippen molar-refractivity contribution in [1.82, 2.24) is 5.32 Å². The lowest BCUT2D eigenvalue weighted by atomic mass is 9.87. The maximum atomic E-state index is 6.12. The molecule has 1 N–H and O–H groups in total. The van der Waals surface area contributed by atoms with E-state index in [9.17, 15) is 0 Å². The summed E-state index contributed by atoms with van der Waals surface area (Å²) in [5.41, 5.74) is 1.19. The van der Waals surface area contributed by atoms with Crippen LogP contribution >= 0.6 is 11.6 Å². The highest BCUT2D eigenvalue weighted by molar-refractivity contribution is 6.30. The van der Waals surface area contributed by atoms with Crippen LogP contribution in [-0.2, 0) is 6.42 Å². The highest BCUT2D eigenvalue weighted by atomic mass is 35.5. The van der Waals surface area contributed by atoms with E-state index in [4.69, 9.17) is 16.3 Å². The van der Waals surface area contributed by atoms with Crippen molar-refractivity contribution in [2.24, 2.45) is 5.92 Å². The Morgan fingerprint density at radius 3 is 2.60 bits per heavy atom. The average molecular weight is 298 g/mol. The van der Waals surface area contributed by atoms with Gasteiger partial charge in [-0.2, -0.15) is 0 Å². The lowest BCUT2D eigenvalue weighted by Crippen LogP contribution is -2.35. The van der Waals surface area contributed by atoms with E-state index < -0.39 is 0 Å². The summed E-state index contributed by atoms with van der Waals surface area (Å²) >= 11 is 6.12. The topological polar surface area (TPSA) is 21.3 Å². The molecule has 0 aliphatic carbocycles. The van der Waals surface area contributed by atoms with Gasteiger partial charge in [-0.1, -0.05) is 44.7 Å². The van der Waals surface area contributed by atoms with Gasteiger partial charge in [0.25, 0.3) is 0 Å². The minimum atomic E-state index is 0.471. The number of nitrogens with one attached hydrogen (secondary N) is 1. The predicted octanol–water partition coefficient (Wildman–Crippen LogP) is 4.70. The third-order valence-corrected chi connectivity index (χ3v) is 4.31. The third kappa shape index (κ3) is 4.99. The van der Waals surface area contributed by atoms with E-state index >= 15 is 0 Å². The first-order chi connectivity index (χ1) is 9.65. The monoisotopic (exact) mass is 297 g/mol. The zero-order valence-corrected chi connectivity index (χ0v) is 14.0. The normalized spacial score (nSPS) is 14.1. The fourth-order valence-electron chi connectivity index (χ4n) is 2.80. The Bertz CT molecular complexity index is 395. The van der Waals surface area contributed by atoms with Crippen molar-refractivity contribution in [2.75, 3.05) is 14.2 Å². The summed E-state index contributed by atoms with van der Waals surface area (Å²) in [6.07, 6.45) is 6.00. The van der Waals surface area contributed by atoms with E-state index in [1.807, 2.05) is 18.2 Å². The minimum absolute atomic E-state index is 0.471. The van der Waals surface area contributed by atoms with Crippen molar-refractivity contribution in [3.8, 4) is 5.75 Å². The maximum Gasteiger partial charge on any atom is 0.122 e. The van der Waals surface area contributed by atoms with Crippen molar-refractivity contribution in [3.05, 3.63) is 28.8 Å². The Hall–Kier alpha value is -0.730. The molecule has 0 saturated heterocycles. The van der Waals surface area contributed by atoms with Crippen molar-refractivity contribution >= 4 is 11.6 Å². The SMILES string of the molecule is CCCCC(CC)C(Cc1cc(Cl)ccc1OC)NC. The van der Waals surface area contributed by atoms with Crippen LogP contribution in [0.25, 0.3) is 0 Å². The number of halogens is 1. The smallest absolute Gasteiger partial charge is 0.122 e. The molecular formula is C17H28ClNO. The van der Waals surface area contributed by atoms with E-state index in [0.29, 0.717) is 12.0 Å². The Labute approximate surface area is 128 Å². The molecule has 0 amide bonds. The van der Waals surface area contributed by atoms with E-state index in [1.54, 1.807) is 7.11 Å². The second-order valence-corrected chi connectivity index (χ2v) is 5.80. The highest BCUT2D eigenvalue weighted by Gasteiger charge is 2.20. The van der Waals surface area contributed by atoms with Gasteiger partial charge in [-0.05, 0) is 49.6 Å². The van der Waals surface area contributed by atoms with Crippen LogP contribution in [-0.4, -0.2) is 20.2 Å². The molecule has 1 rings (SSSR count). The second-order valence-electron chi connectivity index (χ2n) is 5.37. The van der Waals surface area contributed by atoms with Crippen LogP contribution in [0.4, 0.5) is 0 Å². The second kappa shape index (κ2) is 9.25. The molecule has 2 unspecified atom stereocenters. The quantitative estimate of drug-likeness (QED) is 0.713. The highest BCUT2D eigenvalue weighted by Crippen LogP contribution is 2.27. The number of hydrogen-bond donors (Lipinski definition) is 1. The molecule has 0 saturated carbocycles. The van der Waals surface area contributed by atoms with E-state index in [2.05, 4.69) is 26.2 Å². The Balaban J connectivity index is 2.83. The van der Waals surface area contributed by atoms with Crippen molar-refractivity contribution in [1.29, 1.82) is 0 Å². The van der Waals surface area contributed by atoms with E-state index in [0.717, 1.165) is 17.2 Å². The molecular weight excluding hydrogens is 270 g/mol. The number of ether oxygens (including phenoxy) is 1. The van der Waals surface area contributed by atoms with Gasteiger partial charge in [0.1, 0.15) is 5.75 Å². The molecule has 0 spiro atoms. The molecule has 0 bridgehead atoms. The Morgan fingerprint density at radius 1 is 1.30 bits per heavy atom. The van der Waals surface area contributed by atoms with Crippen molar-refractivity contribution in [3.63, 3.8) is 0 Å². The molecule has 114 valence electrons. The average Bonchev–Trinajstić information content (AvgIpc) is 2.46. The zero-order valence-electron chi connectivity index (χ0n) is 13.2. The number of likely N-dealkylation sites (N-methyl/N-ethyl adjacent to an activating group) is 1. The molecule has 2 nitrogen and oxygen atoms in total. The third-order valence-electron chi connectivity index (χ3n) is 4.07. The van der Waals surface area contributed by atoms with Crippen LogP contribution in [0.15, 0.2) is 18.2 Å². The van der Waals surface area contributed by atoms with Gasteiger partial charge in [0.05, 0.1) is 7.11 Å². The molecule has 0 aliphatic heterocycles. The van der Waals surface area contributed by atoms with E-state index in [1.165, 1.54) is 31.2 Å². The number of methoxy groups -OCH3 is 1. The van der Waals surface area contributed by atoms with Crippen LogP contribution in [0.2, 0.25) is 5.02 Å². The summed E-state index contributed by atoms with van der Waals surface area (Å²) in [5, 5.41) is 4.26. The van der Waals surface area contributed by atoms with Crippen LogP contribution in [0, 0.1) is 5.92 Å². The number of rotatable bonds is 9. The minimum Gasteiger partial charge on any atom is -0.496 e. The van der Waals surface area contributed by atoms with Gasteiger partial charge in [0.15, 0.2) is 0 Å². The summed E-state index contributed by atoms with van der Waals surface area (Å²) < 4.78 is 5.45. The van der Waals surface area contributed by atoms with Gasteiger partial charge in [-0.25, -0.2) is 0 Å². The summed E-state index contributed by atoms with van der Waals surface area (Å²) in [7, 11) is 3.77. The van der Waals surface area contributed by atoms with Crippen molar-refractivity contribution < 1.29 is 4.74 Å². The van der Waals surface area contributed by atoms with Crippen LogP contribution in [0.5, 0.6) is 5.75 Å². The number of unbranched alkanes of at least 4 members (excludes halogenated alkanes) is 1. The molecule has 0 radical (unpaired) electrons. The van der Waals surface area contributed by atoms with Gasteiger partial charge >= 0.3 is 0 Å². The van der Waals surface area contributed by atoms with E-state index in [-0.39, 0.29) is 0 Å². The van der Waals surface area contributed by atoms with Gasteiger partial charge < -0.3 is 10.1 Å². The number of hydrogen-bond acceptors (Lipinski definition) is 2. The fraction of sp³-hybridized carbons (Fsp3) is 0.647. The van der Waals surface area contributed by atoms with Crippen LogP contribution < -0.4 is 10.1 Å². The summed E-state index contributed by atoms with van der Waals surface area (Å²) in [5.74, 6) is 1.63. The standard InChI is InChI=1S/C17H28ClNO/c1-5-7-8-13(6-2)16(19-3)12-14-11-15(18)9-10-17(14)20-4/h9-11,13,16,19H,5-8,12H2,1-4H3. The largest absolute Gasteiger partial charge is 0.496 e. The molecule has 2 atom stereocenters. The van der Waals surface area contributed by atoms with Gasteiger partial charge in [0, 0.05) is 11.1 Å². The van der Waals surface area contributed by atoms with Gasteiger partial charge in [-0.3, -0.25) is 0 Å². The first kappa shape index (κ1) is 17.3. The molecule has 0 fully saturated rings. The lowest BCUT2D eigenvalue weighted by Gasteiger charge is -2.26. The van der Waals surface area contributed by atoms with Crippen molar-refractivity contribution in [2.45, 2.75) is 52.0 Å². The predicted molar refractivity (Wildman–Crippen MR) is 87.9 cm³/mol. The Kier molecular flexibility index (Phi) is 8.01. The Morgan fingerprint density at radius 2 is 2.05 bits per heavy atom. The molecule has 0 heterocycles. The maximum absolute atomic E-state index is 6.12. The first-order valence-electron chi connectivity index (χ1n) is 7.65. The fourth-order valence-corrected chi connectivity index (χ4v) is 3.00. The molecule has 3 heteroatoms. The zero-order chi connectivity index (χ0) is 15.0. The molecule has 1 aromatic rings. The van der Waals surface area contributed by atoms with Gasteiger partial charge in [-0.15, -0.1) is 0 Å². The van der Waals surface area contributed by atoms with Crippen LogP contribution in [0.3, 0.4) is 0 Å². The summed E-state index contributed by atoms with van der Waals surface area (Å²) in [6, 6.07) is 6.33. The molecule has 0 aromatic heterocycles. The molecule has 1 aromatic carbocycles. The molecule has 20 heavy (non-hydrogen) atoms.